The Hall–Kier alpha value is -1.17. The summed E-state index contributed by atoms with van der Waals surface area (Å²) in [6.45, 7) is 6.47. The number of aliphatic hydroxyl groups is 1. The highest BCUT2D eigenvalue weighted by Crippen LogP contribution is 2.52. The summed E-state index contributed by atoms with van der Waals surface area (Å²) in [5, 5.41) is 23.8. The molecule has 2 fully saturated rings. The van der Waals surface area contributed by atoms with Gasteiger partial charge in [0, 0.05) is 7.11 Å². The molecule has 5 nitrogen and oxygen atoms in total. The molecule has 0 radical (unpaired) electrons. The summed E-state index contributed by atoms with van der Waals surface area (Å²) in [6.07, 6.45) is 5.35. The molecule has 2 aliphatic rings. The summed E-state index contributed by atoms with van der Waals surface area (Å²) in [5.74, 6) is 0. The molecule has 21 heavy (non-hydrogen) atoms. The molecule has 0 aromatic heterocycles. The number of nitrogens with zero attached hydrogens (tertiary/aromatic N) is 1. The lowest BCUT2D eigenvalue weighted by Gasteiger charge is -2.44. The van der Waals surface area contributed by atoms with E-state index in [0.717, 1.165) is 12.0 Å². The van der Waals surface area contributed by atoms with Crippen molar-refractivity contribution in [1.29, 1.82) is 0 Å². The summed E-state index contributed by atoms with van der Waals surface area (Å²) in [4.78, 5) is 0. The van der Waals surface area contributed by atoms with E-state index in [4.69, 9.17) is 9.47 Å². The molecule has 1 aliphatic heterocycles. The van der Waals surface area contributed by atoms with Gasteiger partial charge < -0.3 is 19.8 Å². The smallest absolute Gasteiger partial charge is 0.148 e. The Morgan fingerprint density at radius 3 is 2.57 bits per heavy atom. The summed E-state index contributed by atoms with van der Waals surface area (Å²) in [6, 6.07) is 0. The van der Waals surface area contributed by atoms with Gasteiger partial charge >= 0.3 is 0 Å². The zero-order valence-electron chi connectivity index (χ0n) is 13.2. The first-order valence-corrected chi connectivity index (χ1v) is 7.32. The quantitative estimate of drug-likeness (QED) is 0.361. The van der Waals surface area contributed by atoms with Gasteiger partial charge in [0.2, 0.25) is 0 Å². The summed E-state index contributed by atoms with van der Waals surface area (Å²) >= 11 is 0. The highest BCUT2D eigenvalue weighted by Gasteiger charge is 2.68. The Balaban J connectivity index is 2.35. The third-order valence-corrected chi connectivity index (χ3v) is 4.57. The second-order valence-electron chi connectivity index (χ2n) is 6.16. The zero-order valence-corrected chi connectivity index (χ0v) is 13.2. The average Bonchev–Trinajstić information content (AvgIpc) is 3.22. The third-order valence-electron chi connectivity index (χ3n) is 4.57. The highest BCUT2D eigenvalue weighted by molar-refractivity contribution is 5.91. The Morgan fingerprint density at radius 2 is 2.10 bits per heavy atom. The molecule has 3 atom stereocenters. The van der Waals surface area contributed by atoms with Gasteiger partial charge in [0.05, 0.1) is 12.3 Å². The number of oxime groups is 1. The third kappa shape index (κ3) is 2.65. The van der Waals surface area contributed by atoms with Crippen molar-refractivity contribution in [3.05, 3.63) is 23.3 Å². The second kappa shape index (κ2) is 5.91. The van der Waals surface area contributed by atoms with E-state index in [1.165, 1.54) is 12.7 Å². The van der Waals surface area contributed by atoms with E-state index in [0.29, 0.717) is 25.2 Å². The molecule has 118 valence electrons. The van der Waals surface area contributed by atoms with Crippen LogP contribution in [0.1, 0.15) is 40.0 Å². The predicted octanol–water partition coefficient (Wildman–Crippen LogP) is 2.43. The minimum Gasteiger partial charge on any atom is -0.411 e. The largest absolute Gasteiger partial charge is 0.411 e. The van der Waals surface area contributed by atoms with Gasteiger partial charge in [0.25, 0.3) is 0 Å². The van der Waals surface area contributed by atoms with Crippen molar-refractivity contribution in [2.75, 3.05) is 13.7 Å². The molecule has 0 bridgehead atoms. The molecule has 1 saturated heterocycles. The number of methoxy groups -OCH3 is 1. The van der Waals surface area contributed by atoms with Crippen LogP contribution in [0.3, 0.4) is 0 Å². The molecular weight excluding hydrogens is 270 g/mol. The van der Waals surface area contributed by atoms with Crippen LogP contribution in [-0.2, 0) is 9.47 Å². The molecule has 0 amide bonds. The Labute approximate surface area is 125 Å². The van der Waals surface area contributed by atoms with Crippen LogP contribution < -0.4 is 0 Å². The second-order valence-corrected chi connectivity index (χ2v) is 6.16. The molecule has 5 heteroatoms. The lowest BCUT2D eigenvalue weighted by atomic mass is 9.68. The lowest BCUT2D eigenvalue weighted by molar-refractivity contribution is -0.0966. The van der Waals surface area contributed by atoms with Crippen LogP contribution in [0, 0.1) is 0 Å². The average molecular weight is 295 g/mol. The van der Waals surface area contributed by atoms with Crippen LogP contribution in [0.5, 0.6) is 0 Å². The van der Waals surface area contributed by atoms with E-state index in [2.05, 4.69) is 11.2 Å². The van der Waals surface area contributed by atoms with Gasteiger partial charge in [-0.2, -0.15) is 0 Å². The zero-order chi connectivity index (χ0) is 15.7. The standard InChI is InChI=1S/C16H25NO4/c1-11(2)6-5-7-12(3)16(18)14(20-4)13(17-19)8-9-15(16)10-21-15/h6-7,14,18-19H,5,8-10H2,1-4H3/b12-7+,17-13-/t14?,15-,16+/m0/s1. The van der Waals surface area contributed by atoms with Crippen molar-refractivity contribution in [2.45, 2.75) is 57.3 Å². The monoisotopic (exact) mass is 295 g/mol. The van der Waals surface area contributed by atoms with Crippen molar-refractivity contribution >= 4 is 5.71 Å². The van der Waals surface area contributed by atoms with Gasteiger partial charge in [-0.1, -0.05) is 22.9 Å². The van der Waals surface area contributed by atoms with Crippen LogP contribution in [0.25, 0.3) is 0 Å². The fourth-order valence-corrected chi connectivity index (χ4v) is 3.19. The van der Waals surface area contributed by atoms with Gasteiger partial charge in [-0.25, -0.2) is 0 Å². The number of epoxide rings is 1. The number of ether oxygens (including phenoxy) is 2. The van der Waals surface area contributed by atoms with Crippen LogP contribution in [0.4, 0.5) is 0 Å². The van der Waals surface area contributed by atoms with Gasteiger partial charge in [0.15, 0.2) is 0 Å². The van der Waals surface area contributed by atoms with Crippen molar-refractivity contribution < 1.29 is 19.8 Å². The van der Waals surface area contributed by atoms with Gasteiger partial charge in [-0.05, 0) is 45.6 Å². The maximum atomic E-state index is 11.3. The van der Waals surface area contributed by atoms with Crippen LogP contribution in [0.2, 0.25) is 0 Å². The first-order chi connectivity index (χ1) is 9.91. The Morgan fingerprint density at radius 1 is 1.43 bits per heavy atom. The molecule has 2 rings (SSSR count). The molecule has 1 aliphatic carbocycles. The first-order valence-electron chi connectivity index (χ1n) is 7.32. The minimum atomic E-state index is -1.28. The molecule has 1 heterocycles. The fourth-order valence-electron chi connectivity index (χ4n) is 3.19. The first kappa shape index (κ1) is 16.2. The summed E-state index contributed by atoms with van der Waals surface area (Å²) in [7, 11) is 1.52. The summed E-state index contributed by atoms with van der Waals surface area (Å²) < 4.78 is 11.1. The van der Waals surface area contributed by atoms with Crippen LogP contribution in [0.15, 0.2) is 28.5 Å². The summed E-state index contributed by atoms with van der Waals surface area (Å²) in [5.41, 5.74) is 0.610. The highest BCUT2D eigenvalue weighted by atomic mass is 16.6. The Kier molecular flexibility index (Phi) is 4.56. The van der Waals surface area contributed by atoms with Gasteiger partial charge in [0.1, 0.15) is 17.3 Å². The number of rotatable bonds is 4. The molecule has 1 spiro atoms. The predicted molar refractivity (Wildman–Crippen MR) is 80.7 cm³/mol. The van der Waals surface area contributed by atoms with Crippen molar-refractivity contribution in [2.24, 2.45) is 5.16 Å². The molecule has 2 N–H and O–H groups in total. The van der Waals surface area contributed by atoms with Crippen molar-refractivity contribution in [3.63, 3.8) is 0 Å². The van der Waals surface area contributed by atoms with Crippen LogP contribution >= 0.6 is 0 Å². The SMILES string of the molecule is COC1/C(=N\O)CC[C@]2(CO2)[C@@]1(O)/C(C)=C/CC=C(C)C. The van der Waals surface area contributed by atoms with E-state index in [1.807, 2.05) is 26.8 Å². The van der Waals surface area contributed by atoms with E-state index in [1.54, 1.807) is 0 Å². The normalized spacial score (nSPS) is 37.9. The van der Waals surface area contributed by atoms with Crippen molar-refractivity contribution in [3.8, 4) is 0 Å². The molecular formula is C16H25NO4. The number of allylic oxidation sites excluding steroid dienone is 3. The number of hydrogen-bond donors (Lipinski definition) is 2. The van der Waals surface area contributed by atoms with E-state index >= 15 is 0 Å². The van der Waals surface area contributed by atoms with Crippen molar-refractivity contribution in [1.82, 2.24) is 0 Å². The molecule has 0 aromatic carbocycles. The fraction of sp³-hybridized carbons (Fsp3) is 0.688. The van der Waals surface area contributed by atoms with E-state index in [-0.39, 0.29) is 0 Å². The minimum absolute atomic E-state index is 0.469. The topological polar surface area (TPSA) is 74.6 Å². The van der Waals surface area contributed by atoms with Crippen LogP contribution in [-0.4, -0.2) is 47.0 Å². The van der Waals surface area contributed by atoms with E-state index in [9.17, 15) is 10.3 Å². The Bertz CT molecular complexity index is 487. The maximum absolute atomic E-state index is 11.3. The molecule has 1 unspecified atom stereocenters. The number of hydrogen-bond acceptors (Lipinski definition) is 5. The maximum Gasteiger partial charge on any atom is 0.148 e. The van der Waals surface area contributed by atoms with Gasteiger partial charge in [-0.3, -0.25) is 0 Å². The molecule has 1 saturated carbocycles. The lowest BCUT2D eigenvalue weighted by Crippen LogP contribution is -2.62. The molecule has 0 aromatic rings. The van der Waals surface area contributed by atoms with E-state index < -0.39 is 17.3 Å². The van der Waals surface area contributed by atoms with Gasteiger partial charge in [-0.15, -0.1) is 0 Å².